The Balaban J connectivity index is 1.54. The summed E-state index contributed by atoms with van der Waals surface area (Å²) in [5.41, 5.74) is 0.0422. The molecule has 3 rings (SSSR count). The summed E-state index contributed by atoms with van der Waals surface area (Å²) in [6.07, 6.45) is 4.15. The molecule has 0 bridgehead atoms. The van der Waals surface area contributed by atoms with Gasteiger partial charge in [-0.1, -0.05) is 11.6 Å². The van der Waals surface area contributed by atoms with Gasteiger partial charge in [0, 0.05) is 19.6 Å². The Morgan fingerprint density at radius 1 is 1.33 bits per heavy atom. The standard InChI is InChI=1S/C13H23N3O2/c1-13(9-14-10-13)12-15-17-8-11(18-12)7-16-5-3-2-4-6-16/h11,14H,2-10H2,1H3/t11-/m1/s1. The van der Waals surface area contributed by atoms with Gasteiger partial charge >= 0.3 is 0 Å². The van der Waals surface area contributed by atoms with E-state index in [0.29, 0.717) is 6.61 Å². The van der Waals surface area contributed by atoms with E-state index in [-0.39, 0.29) is 11.5 Å². The highest BCUT2D eigenvalue weighted by Crippen LogP contribution is 2.27. The molecule has 1 atom stereocenters. The third-order valence-corrected chi connectivity index (χ3v) is 4.14. The molecule has 0 aromatic rings. The third kappa shape index (κ3) is 2.47. The van der Waals surface area contributed by atoms with Crippen molar-refractivity contribution in [2.24, 2.45) is 10.6 Å². The number of nitrogens with one attached hydrogen (secondary N) is 1. The Morgan fingerprint density at radius 3 is 2.78 bits per heavy atom. The second-order valence-corrected chi connectivity index (χ2v) is 5.96. The van der Waals surface area contributed by atoms with Crippen molar-refractivity contribution >= 4 is 5.90 Å². The molecule has 18 heavy (non-hydrogen) atoms. The molecule has 0 amide bonds. The van der Waals surface area contributed by atoms with Crippen LogP contribution in [-0.4, -0.2) is 56.2 Å². The molecule has 0 aromatic heterocycles. The lowest BCUT2D eigenvalue weighted by Crippen LogP contribution is -2.58. The number of likely N-dealkylation sites (tertiary alicyclic amines) is 1. The van der Waals surface area contributed by atoms with Gasteiger partial charge < -0.3 is 14.9 Å². The number of piperidine rings is 1. The summed E-state index contributed by atoms with van der Waals surface area (Å²) >= 11 is 0. The summed E-state index contributed by atoms with van der Waals surface area (Å²) in [4.78, 5) is 7.85. The summed E-state index contributed by atoms with van der Waals surface area (Å²) < 4.78 is 6.04. The summed E-state index contributed by atoms with van der Waals surface area (Å²) in [6, 6.07) is 0. The van der Waals surface area contributed by atoms with Gasteiger partial charge in [0.05, 0.1) is 5.41 Å². The lowest BCUT2D eigenvalue weighted by atomic mass is 9.84. The third-order valence-electron chi connectivity index (χ3n) is 4.14. The second-order valence-electron chi connectivity index (χ2n) is 5.96. The molecule has 2 fully saturated rings. The van der Waals surface area contributed by atoms with Crippen LogP contribution in [0, 0.1) is 5.41 Å². The fourth-order valence-electron chi connectivity index (χ4n) is 2.82. The van der Waals surface area contributed by atoms with E-state index in [4.69, 9.17) is 9.57 Å². The molecule has 0 aromatic carbocycles. The van der Waals surface area contributed by atoms with E-state index < -0.39 is 0 Å². The number of rotatable bonds is 3. The Labute approximate surface area is 108 Å². The minimum atomic E-state index is 0.0422. The van der Waals surface area contributed by atoms with Crippen molar-refractivity contribution < 1.29 is 9.57 Å². The summed E-state index contributed by atoms with van der Waals surface area (Å²) in [5.74, 6) is 0.787. The van der Waals surface area contributed by atoms with Crippen molar-refractivity contribution in [1.29, 1.82) is 0 Å². The van der Waals surface area contributed by atoms with Gasteiger partial charge in [-0.3, -0.25) is 4.90 Å². The number of hydrogen-bond donors (Lipinski definition) is 1. The van der Waals surface area contributed by atoms with Crippen LogP contribution >= 0.6 is 0 Å². The molecule has 0 radical (unpaired) electrons. The van der Waals surface area contributed by atoms with Crippen LogP contribution in [0.5, 0.6) is 0 Å². The fourth-order valence-corrected chi connectivity index (χ4v) is 2.82. The van der Waals surface area contributed by atoms with Crippen LogP contribution < -0.4 is 5.32 Å². The SMILES string of the molecule is CC1(C2=NOC[C@@H](CN3CCCCC3)O2)CNC1. The lowest BCUT2D eigenvalue weighted by Gasteiger charge is -2.41. The quantitative estimate of drug-likeness (QED) is 0.808. The van der Waals surface area contributed by atoms with Crippen LogP contribution in [0.2, 0.25) is 0 Å². The molecular formula is C13H23N3O2. The van der Waals surface area contributed by atoms with E-state index in [1.54, 1.807) is 0 Å². The van der Waals surface area contributed by atoms with Crippen LogP contribution in [-0.2, 0) is 9.57 Å². The number of nitrogens with zero attached hydrogens (tertiary/aromatic N) is 2. The van der Waals surface area contributed by atoms with Crippen molar-refractivity contribution in [2.45, 2.75) is 32.3 Å². The molecule has 3 heterocycles. The van der Waals surface area contributed by atoms with Crippen molar-refractivity contribution in [2.75, 3.05) is 39.3 Å². The fraction of sp³-hybridized carbons (Fsp3) is 0.923. The Hall–Kier alpha value is -0.810. The largest absolute Gasteiger partial charge is 0.470 e. The highest BCUT2D eigenvalue weighted by Gasteiger charge is 2.42. The molecule has 3 aliphatic rings. The molecule has 5 nitrogen and oxygen atoms in total. The smallest absolute Gasteiger partial charge is 0.234 e. The topological polar surface area (TPSA) is 46.1 Å². The van der Waals surface area contributed by atoms with E-state index >= 15 is 0 Å². The zero-order chi connectivity index (χ0) is 12.4. The maximum absolute atomic E-state index is 6.04. The summed E-state index contributed by atoms with van der Waals surface area (Å²) in [6.45, 7) is 8.01. The molecular weight excluding hydrogens is 230 g/mol. The van der Waals surface area contributed by atoms with Crippen LogP contribution in [0.1, 0.15) is 26.2 Å². The molecule has 0 saturated carbocycles. The molecule has 1 N–H and O–H groups in total. The van der Waals surface area contributed by atoms with Gasteiger partial charge in [-0.15, -0.1) is 0 Å². The molecule has 0 unspecified atom stereocenters. The number of oxime groups is 1. The highest BCUT2D eigenvalue weighted by molar-refractivity contribution is 5.83. The van der Waals surface area contributed by atoms with Crippen LogP contribution in [0.25, 0.3) is 0 Å². The molecule has 102 valence electrons. The van der Waals surface area contributed by atoms with Gasteiger partial charge in [-0.2, -0.15) is 0 Å². The predicted octanol–water partition coefficient (Wildman–Crippen LogP) is 0.811. The molecule has 5 heteroatoms. The van der Waals surface area contributed by atoms with Gasteiger partial charge in [0.25, 0.3) is 0 Å². The van der Waals surface area contributed by atoms with E-state index in [9.17, 15) is 0 Å². The van der Waals surface area contributed by atoms with Crippen molar-refractivity contribution in [3.8, 4) is 0 Å². The minimum Gasteiger partial charge on any atom is -0.470 e. The van der Waals surface area contributed by atoms with E-state index in [1.807, 2.05) is 0 Å². The van der Waals surface area contributed by atoms with Gasteiger partial charge in [-0.05, 0) is 32.9 Å². The van der Waals surface area contributed by atoms with E-state index in [2.05, 4.69) is 22.3 Å². The maximum atomic E-state index is 6.04. The van der Waals surface area contributed by atoms with E-state index in [0.717, 1.165) is 25.5 Å². The molecule has 0 spiro atoms. The zero-order valence-electron chi connectivity index (χ0n) is 11.2. The Kier molecular flexibility index (Phi) is 3.43. The van der Waals surface area contributed by atoms with Crippen molar-refractivity contribution in [3.63, 3.8) is 0 Å². The van der Waals surface area contributed by atoms with Crippen molar-refractivity contribution in [1.82, 2.24) is 10.2 Å². The van der Waals surface area contributed by atoms with Gasteiger partial charge in [-0.25, -0.2) is 0 Å². The first-order valence-electron chi connectivity index (χ1n) is 7.06. The van der Waals surface area contributed by atoms with Crippen LogP contribution in [0.15, 0.2) is 5.16 Å². The van der Waals surface area contributed by atoms with Gasteiger partial charge in [0.2, 0.25) is 5.90 Å². The summed E-state index contributed by atoms with van der Waals surface area (Å²) in [5, 5.41) is 7.37. The first kappa shape index (κ1) is 12.2. The first-order chi connectivity index (χ1) is 8.76. The number of ether oxygens (including phenoxy) is 1. The first-order valence-corrected chi connectivity index (χ1v) is 7.06. The average molecular weight is 253 g/mol. The second kappa shape index (κ2) is 5.05. The number of hydrogen-bond acceptors (Lipinski definition) is 5. The van der Waals surface area contributed by atoms with Gasteiger partial charge in [0.15, 0.2) is 6.61 Å². The maximum Gasteiger partial charge on any atom is 0.234 e. The zero-order valence-corrected chi connectivity index (χ0v) is 11.2. The summed E-state index contributed by atoms with van der Waals surface area (Å²) in [7, 11) is 0. The Bertz CT molecular complexity index is 322. The lowest BCUT2D eigenvalue weighted by molar-refractivity contribution is -0.0244. The normalized spacial score (nSPS) is 31.8. The van der Waals surface area contributed by atoms with Crippen LogP contribution in [0.3, 0.4) is 0 Å². The van der Waals surface area contributed by atoms with Crippen LogP contribution in [0.4, 0.5) is 0 Å². The predicted molar refractivity (Wildman–Crippen MR) is 69.5 cm³/mol. The van der Waals surface area contributed by atoms with Gasteiger partial charge in [0.1, 0.15) is 6.10 Å². The minimum absolute atomic E-state index is 0.0422. The average Bonchev–Trinajstić information content (AvgIpc) is 2.37. The molecule has 0 aliphatic carbocycles. The monoisotopic (exact) mass is 253 g/mol. The van der Waals surface area contributed by atoms with Crippen molar-refractivity contribution in [3.05, 3.63) is 0 Å². The molecule has 3 aliphatic heterocycles. The highest BCUT2D eigenvalue weighted by atomic mass is 16.7. The van der Waals surface area contributed by atoms with E-state index in [1.165, 1.54) is 32.4 Å². The molecule has 2 saturated heterocycles. The Morgan fingerprint density at radius 2 is 2.11 bits per heavy atom.